The van der Waals surface area contributed by atoms with Gasteiger partial charge in [-0.25, -0.2) is 4.98 Å². The summed E-state index contributed by atoms with van der Waals surface area (Å²) in [5.41, 5.74) is 8.66. The fourth-order valence-corrected chi connectivity index (χ4v) is 4.28. The maximum Gasteiger partial charge on any atom is 0.225 e. The molecule has 34 heavy (non-hydrogen) atoms. The second kappa shape index (κ2) is 13.3. The van der Waals surface area contributed by atoms with Crippen molar-refractivity contribution in [2.24, 2.45) is 0 Å². The summed E-state index contributed by atoms with van der Waals surface area (Å²) < 4.78 is 0. The van der Waals surface area contributed by atoms with Crippen LogP contribution in [0.25, 0.3) is 10.9 Å². The molecule has 0 aliphatic carbocycles. The number of rotatable bonds is 14. The number of nitrogens with one attached hydrogen (secondary N) is 7. The van der Waals surface area contributed by atoms with Crippen molar-refractivity contribution in [3.63, 3.8) is 0 Å². The first-order valence-electron chi connectivity index (χ1n) is 12.6. The molecule has 1 saturated heterocycles. The Balaban J connectivity index is 1.23. The number of aromatic nitrogens is 2. The highest BCUT2D eigenvalue weighted by Gasteiger charge is 2.16. The van der Waals surface area contributed by atoms with Crippen LogP contribution in [0.15, 0.2) is 36.2 Å². The number of hydrogen-bond donors (Lipinski definition) is 7. The van der Waals surface area contributed by atoms with Gasteiger partial charge in [0.2, 0.25) is 5.95 Å². The molecular weight excluding hydrogens is 428 g/mol. The Bertz CT molecular complexity index is 912. The van der Waals surface area contributed by atoms with Crippen molar-refractivity contribution in [2.75, 3.05) is 63.5 Å². The van der Waals surface area contributed by atoms with Crippen LogP contribution < -0.4 is 37.5 Å². The van der Waals surface area contributed by atoms with Gasteiger partial charge in [0.25, 0.3) is 0 Å². The number of piperidine rings is 1. The van der Waals surface area contributed by atoms with Crippen LogP contribution in [0, 0.1) is 0 Å². The topological polar surface area (TPSA) is 113 Å². The monoisotopic (exact) mass is 468 g/mol. The highest BCUT2D eigenvalue weighted by molar-refractivity contribution is 5.90. The van der Waals surface area contributed by atoms with Crippen LogP contribution >= 0.6 is 0 Å². The predicted molar refractivity (Wildman–Crippen MR) is 139 cm³/mol. The van der Waals surface area contributed by atoms with E-state index >= 15 is 0 Å². The summed E-state index contributed by atoms with van der Waals surface area (Å²) in [6.07, 6.45) is 7.66. The van der Waals surface area contributed by atoms with Gasteiger partial charge in [-0.15, -0.1) is 5.53 Å². The average molecular weight is 469 g/mol. The highest BCUT2D eigenvalue weighted by atomic mass is 15.7. The fraction of sp³-hybridized carbons (Fsp3) is 0.583. The van der Waals surface area contributed by atoms with E-state index in [1.807, 2.05) is 25.2 Å². The van der Waals surface area contributed by atoms with Crippen molar-refractivity contribution >= 4 is 22.7 Å². The van der Waals surface area contributed by atoms with Gasteiger partial charge in [0, 0.05) is 29.9 Å². The van der Waals surface area contributed by atoms with E-state index in [0.29, 0.717) is 12.0 Å². The van der Waals surface area contributed by atoms with E-state index in [9.17, 15) is 0 Å². The van der Waals surface area contributed by atoms with E-state index in [0.717, 1.165) is 94.6 Å². The van der Waals surface area contributed by atoms with Gasteiger partial charge in [-0.05, 0) is 84.0 Å². The van der Waals surface area contributed by atoms with Crippen LogP contribution in [0.1, 0.15) is 32.1 Å². The van der Waals surface area contributed by atoms with E-state index in [4.69, 9.17) is 9.97 Å². The maximum absolute atomic E-state index is 4.82. The molecule has 1 aromatic heterocycles. The standard InChI is InChI=1S/C24H40N10/c1-25-11-5-13-26-12-4-6-20-18-34(33-32-20)17-16-28-24-30-22-8-3-2-7-21(22)23(31-24)29-19-9-14-27-15-10-19/h2-3,7-8,18-19,25-27,32-33H,4-6,9-17H2,1H3,(H2,28,29,30,31). The zero-order chi connectivity index (χ0) is 23.4. The molecule has 2 aromatic rings. The molecular formula is C24H40N10. The molecule has 1 fully saturated rings. The van der Waals surface area contributed by atoms with Crippen molar-refractivity contribution in [3.05, 3.63) is 36.2 Å². The molecule has 4 rings (SSSR count). The van der Waals surface area contributed by atoms with Gasteiger partial charge in [0.05, 0.1) is 12.1 Å². The van der Waals surface area contributed by atoms with E-state index < -0.39 is 0 Å². The van der Waals surface area contributed by atoms with Gasteiger partial charge in [-0.3, -0.25) is 5.01 Å². The van der Waals surface area contributed by atoms with Crippen molar-refractivity contribution in [3.8, 4) is 0 Å². The molecule has 3 heterocycles. The quantitative estimate of drug-likeness (QED) is 0.205. The fourth-order valence-electron chi connectivity index (χ4n) is 4.28. The van der Waals surface area contributed by atoms with Gasteiger partial charge >= 0.3 is 0 Å². The molecule has 186 valence electrons. The van der Waals surface area contributed by atoms with Crippen molar-refractivity contribution < 1.29 is 0 Å². The molecule has 10 nitrogen and oxygen atoms in total. The largest absolute Gasteiger partial charge is 0.367 e. The molecule has 0 unspecified atom stereocenters. The molecule has 0 saturated carbocycles. The van der Waals surface area contributed by atoms with Crippen LogP contribution in [0.2, 0.25) is 0 Å². The van der Waals surface area contributed by atoms with Crippen LogP contribution in [0.5, 0.6) is 0 Å². The zero-order valence-electron chi connectivity index (χ0n) is 20.3. The molecule has 0 radical (unpaired) electrons. The van der Waals surface area contributed by atoms with E-state index in [1.54, 1.807) is 0 Å². The first-order valence-corrected chi connectivity index (χ1v) is 12.6. The molecule has 0 spiro atoms. The van der Waals surface area contributed by atoms with Crippen LogP contribution in [-0.4, -0.2) is 73.9 Å². The molecule has 7 N–H and O–H groups in total. The van der Waals surface area contributed by atoms with Crippen molar-refractivity contribution in [1.82, 2.24) is 41.9 Å². The number of hydrogen-bond acceptors (Lipinski definition) is 10. The van der Waals surface area contributed by atoms with Gasteiger partial charge < -0.3 is 32.0 Å². The summed E-state index contributed by atoms with van der Waals surface area (Å²) in [7, 11) is 1.99. The summed E-state index contributed by atoms with van der Waals surface area (Å²) >= 11 is 0. The number of hydrazine groups is 2. The first kappa shape index (κ1) is 24.5. The Morgan fingerprint density at radius 3 is 2.76 bits per heavy atom. The first-order chi connectivity index (χ1) is 16.8. The lowest BCUT2D eigenvalue weighted by Crippen LogP contribution is -2.39. The molecule has 0 amide bonds. The SMILES string of the molecule is CNCCCNCCCC1=CN(CCNc2nc(NC3CCNCC3)c3ccccc3n2)NN1. The second-order valence-electron chi connectivity index (χ2n) is 8.90. The van der Waals surface area contributed by atoms with E-state index in [2.05, 4.69) is 54.8 Å². The lowest BCUT2D eigenvalue weighted by molar-refractivity contribution is 0.280. The van der Waals surface area contributed by atoms with Crippen molar-refractivity contribution in [2.45, 2.75) is 38.1 Å². The molecule has 10 heteroatoms. The molecule has 0 atom stereocenters. The minimum atomic E-state index is 0.444. The normalized spacial score (nSPS) is 16.5. The zero-order valence-corrected chi connectivity index (χ0v) is 20.3. The Kier molecular flexibility index (Phi) is 9.56. The number of allylic oxidation sites excluding steroid dienone is 1. The van der Waals surface area contributed by atoms with Crippen LogP contribution in [0.3, 0.4) is 0 Å². The Morgan fingerprint density at radius 1 is 1.03 bits per heavy atom. The number of benzene rings is 1. The second-order valence-corrected chi connectivity index (χ2v) is 8.90. The van der Waals surface area contributed by atoms with E-state index in [-0.39, 0.29) is 0 Å². The Morgan fingerprint density at radius 2 is 1.88 bits per heavy atom. The number of anilines is 2. The van der Waals surface area contributed by atoms with Gasteiger partial charge in [-0.2, -0.15) is 4.98 Å². The summed E-state index contributed by atoms with van der Waals surface area (Å²) in [6, 6.07) is 8.65. The van der Waals surface area contributed by atoms with E-state index in [1.165, 1.54) is 5.70 Å². The maximum atomic E-state index is 4.82. The molecule has 0 bridgehead atoms. The Hall–Kier alpha value is -2.66. The summed E-state index contributed by atoms with van der Waals surface area (Å²) in [4.78, 5) is 9.55. The third kappa shape index (κ3) is 7.42. The third-order valence-electron chi connectivity index (χ3n) is 6.17. The average Bonchev–Trinajstić information content (AvgIpc) is 3.32. The van der Waals surface area contributed by atoms with Gasteiger partial charge in [0.15, 0.2) is 0 Å². The summed E-state index contributed by atoms with van der Waals surface area (Å²) in [5, 5.41) is 20.3. The van der Waals surface area contributed by atoms with Gasteiger partial charge in [0.1, 0.15) is 5.82 Å². The van der Waals surface area contributed by atoms with Crippen molar-refractivity contribution in [1.29, 1.82) is 0 Å². The number of para-hydroxylation sites is 1. The smallest absolute Gasteiger partial charge is 0.225 e. The lowest BCUT2D eigenvalue weighted by Gasteiger charge is -2.25. The highest BCUT2D eigenvalue weighted by Crippen LogP contribution is 2.23. The lowest BCUT2D eigenvalue weighted by atomic mass is 10.1. The predicted octanol–water partition coefficient (Wildman–Crippen LogP) is 1.35. The van der Waals surface area contributed by atoms with Gasteiger partial charge in [-0.1, -0.05) is 12.1 Å². The minimum absolute atomic E-state index is 0.444. The molecule has 2 aliphatic heterocycles. The number of fused-ring (bicyclic) bond motifs is 1. The number of nitrogens with zero attached hydrogens (tertiary/aromatic N) is 3. The third-order valence-corrected chi connectivity index (χ3v) is 6.17. The minimum Gasteiger partial charge on any atom is -0.367 e. The van der Waals surface area contributed by atoms with Crippen LogP contribution in [0.4, 0.5) is 11.8 Å². The summed E-state index contributed by atoms with van der Waals surface area (Å²) in [6.45, 7) is 6.79. The summed E-state index contributed by atoms with van der Waals surface area (Å²) in [5.74, 6) is 1.58. The molecule has 1 aromatic carbocycles. The molecule has 2 aliphatic rings. The Labute approximate surface area is 202 Å². The van der Waals surface area contributed by atoms with Crippen LogP contribution in [-0.2, 0) is 0 Å².